The zero-order chi connectivity index (χ0) is 12.6. The van der Waals surface area contributed by atoms with Gasteiger partial charge in [-0.2, -0.15) is 0 Å². The number of rotatable bonds is 2. The van der Waals surface area contributed by atoms with Gasteiger partial charge in [-0.3, -0.25) is 4.79 Å². The molecule has 1 fully saturated rings. The summed E-state index contributed by atoms with van der Waals surface area (Å²) in [5.41, 5.74) is 0.570. The Hall–Kier alpha value is -0.880. The van der Waals surface area contributed by atoms with Crippen LogP contribution in [0.3, 0.4) is 0 Å². The molecule has 17 heavy (non-hydrogen) atoms. The van der Waals surface area contributed by atoms with Crippen molar-refractivity contribution < 1.29 is 14.7 Å². The van der Waals surface area contributed by atoms with Gasteiger partial charge in [0.05, 0.1) is 9.35 Å². The number of thiophene rings is 1. The van der Waals surface area contributed by atoms with E-state index in [1.165, 1.54) is 16.2 Å². The largest absolute Gasteiger partial charge is 0.480 e. The van der Waals surface area contributed by atoms with Crippen LogP contribution in [-0.2, 0) is 4.79 Å². The predicted octanol–water partition coefficient (Wildman–Crippen LogP) is 2.51. The SMILES string of the molecule is Cc1cc(C(=O)N2CCC[C@@H]2C(=O)O)c(Br)s1. The van der Waals surface area contributed by atoms with Crippen molar-refractivity contribution in [3.05, 3.63) is 20.3 Å². The van der Waals surface area contributed by atoms with E-state index in [4.69, 9.17) is 5.11 Å². The Kier molecular flexibility index (Phi) is 3.53. The molecule has 0 unspecified atom stereocenters. The first-order chi connectivity index (χ1) is 8.00. The number of carboxylic acids is 1. The van der Waals surface area contributed by atoms with Crippen LogP contribution in [0.1, 0.15) is 28.1 Å². The molecule has 92 valence electrons. The molecule has 0 bridgehead atoms. The molecule has 1 aliphatic rings. The average Bonchev–Trinajstić information content (AvgIpc) is 2.83. The maximum atomic E-state index is 12.2. The Morgan fingerprint density at radius 2 is 2.29 bits per heavy atom. The Bertz CT molecular complexity index is 471. The lowest BCUT2D eigenvalue weighted by atomic mass is 10.2. The minimum Gasteiger partial charge on any atom is -0.480 e. The molecule has 0 radical (unpaired) electrons. The van der Waals surface area contributed by atoms with Crippen LogP contribution in [0, 0.1) is 6.92 Å². The van der Waals surface area contributed by atoms with E-state index in [9.17, 15) is 9.59 Å². The summed E-state index contributed by atoms with van der Waals surface area (Å²) in [6.45, 7) is 2.45. The second-order valence-electron chi connectivity index (χ2n) is 4.04. The van der Waals surface area contributed by atoms with Gasteiger partial charge in [0.1, 0.15) is 6.04 Å². The van der Waals surface area contributed by atoms with Crippen molar-refractivity contribution in [1.82, 2.24) is 4.90 Å². The molecule has 1 N–H and O–H groups in total. The monoisotopic (exact) mass is 317 g/mol. The fourth-order valence-corrected chi connectivity index (χ4v) is 3.82. The maximum absolute atomic E-state index is 12.2. The summed E-state index contributed by atoms with van der Waals surface area (Å²) < 4.78 is 0.774. The highest BCUT2D eigenvalue weighted by molar-refractivity contribution is 9.11. The summed E-state index contributed by atoms with van der Waals surface area (Å²) in [6, 6.07) is 1.13. The second kappa shape index (κ2) is 4.78. The molecule has 2 rings (SSSR count). The van der Waals surface area contributed by atoms with E-state index in [1.54, 1.807) is 6.07 Å². The smallest absolute Gasteiger partial charge is 0.326 e. The van der Waals surface area contributed by atoms with Crippen molar-refractivity contribution in [3.8, 4) is 0 Å². The molecule has 2 heterocycles. The third-order valence-corrected chi connectivity index (χ3v) is 4.59. The Balaban J connectivity index is 2.25. The normalized spacial score (nSPS) is 19.6. The molecular formula is C11H12BrNO3S. The van der Waals surface area contributed by atoms with Gasteiger partial charge in [0.15, 0.2) is 0 Å². The van der Waals surface area contributed by atoms with Gasteiger partial charge in [-0.1, -0.05) is 0 Å². The van der Waals surface area contributed by atoms with Crippen molar-refractivity contribution in [3.63, 3.8) is 0 Å². The topological polar surface area (TPSA) is 57.6 Å². The van der Waals surface area contributed by atoms with E-state index < -0.39 is 12.0 Å². The zero-order valence-electron chi connectivity index (χ0n) is 9.27. The summed E-state index contributed by atoms with van der Waals surface area (Å²) in [6.07, 6.45) is 1.30. The van der Waals surface area contributed by atoms with Gasteiger partial charge in [0.25, 0.3) is 5.91 Å². The van der Waals surface area contributed by atoms with Gasteiger partial charge in [0, 0.05) is 11.4 Å². The first-order valence-corrected chi connectivity index (χ1v) is 6.91. The van der Waals surface area contributed by atoms with E-state index in [2.05, 4.69) is 15.9 Å². The van der Waals surface area contributed by atoms with Crippen LogP contribution in [0.25, 0.3) is 0 Å². The lowest BCUT2D eigenvalue weighted by Gasteiger charge is -2.21. The van der Waals surface area contributed by atoms with Crippen LogP contribution in [0.5, 0.6) is 0 Å². The minimum atomic E-state index is -0.918. The predicted molar refractivity (Wildman–Crippen MR) is 68.5 cm³/mol. The van der Waals surface area contributed by atoms with Crippen LogP contribution in [0.15, 0.2) is 9.85 Å². The number of carbonyl (C=O) groups is 2. The fourth-order valence-electron chi connectivity index (χ4n) is 2.05. The molecule has 1 amide bonds. The number of aliphatic carboxylic acids is 1. The van der Waals surface area contributed by atoms with Crippen molar-refractivity contribution in [1.29, 1.82) is 0 Å². The highest BCUT2D eigenvalue weighted by Crippen LogP contribution is 2.30. The van der Waals surface area contributed by atoms with Gasteiger partial charge in [-0.15, -0.1) is 11.3 Å². The van der Waals surface area contributed by atoms with Gasteiger partial charge in [-0.25, -0.2) is 4.79 Å². The molecular weight excluding hydrogens is 306 g/mol. The summed E-state index contributed by atoms with van der Waals surface area (Å²) in [5.74, 6) is -1.11. The fraction of sp³-hybridized carbons (Fsp3) is 0.455. The Morgan fingerprint density at radius 3 is 2.82 bits per heavy atom. The molecule has 1 atom stereocenters. The quantitative estimate of drug-likeness (QED) is 0.911. The number of aryl methyl sites for hydroxylation is 1. The lowest BCUT2D eigenvalue weighted by molar-refractivity contribution is -0.141. The molecule has 1 saturated heterocycles. The highest BCUT2D eigenvalue weighted by atomic mass is 79.9. The molecule has 0 saturated carbocycles. The number of carbonyl (C=O) groups excluding carboxylic acids is 1. The van der Waals surface area contributed by atoms with Crippen LogP contribution in [0.2, 0.25) is 0 Å². The molecule has 1 aromatic heterocycles. The van der Waals surface area contributed by atoms with Crippen molar-refractivity contribution in [2.45, 2.75) is 25.8 Å². The molecule has 4 nitrogen and oxygen atoms in total. The zero-order valence-corrected chi connectivity index (χ0v) is 11.7. The summed E-state index contributed by atoms with van der Waals surface area (Å²) in [5, 5.41) is 9.05. The Labute approximate surface area is 111 Å². The number of carboxylic acid groups (broad SMARTS) is 1. The number of likely N-dealkylation sites (tertiary alicyclic amines) is 1. The van der Waals surface area contributed by atoms with Gasteiger partial charge >= 0.3 is 5.97 Å². The van der Waals surface area contributed by atoms with E-state index in [0.29, 0.717) is 18.5 Å². The van der Waals surface area contributed by atoms with Crippen LogP contribution in [-0.4, -0.2) is 34.5 Å². The van der Waals surface area contributed by atoms with Crippen LogP contribution >= 0.6 is 27.3 Å². The van der Waals surface area contributed by atoms with E-state index in [1.807, 2.05) is 6.92 Å². The van der Waals surface area contributed by atoms with Crippen molar-refractivity contribution in [2.24, 2.45) is 0 Å². The second-order valence-corrected chi connectivity index (χ2v) is 6.61. The summed E-state index contributed by atoms with van der Waals surface area (Å²) >= 11 is 4.83. The number of halogens is 1. The summed E-state index contributed by atoms with van der Waals surface area (Å²) in [7, 11) is 0. The third-order valence-electron chi connectivity index (χ3n) is 2.84. The summed E-state index contributed by atoms with van der Waals surface area (Å²) in [4.78, 5) is 25.8. The van der Waals surface area contributed by atoms with E-state index in [-0.39, 0.29) is 5.91 Å². The van der Waals surface area contributed by atoms with Crippen molar-refractivity contribution >= 4 is 39.1 Å². The number of hydrogen-bond acceptors (Lipinski definition) is 3. The molecule has 1 aliphatic heterocycles. The van der Waals surface area contributed by atoms with E-state index in [0.717, 1.165) is 15.1 Å². The average molecular weight is 318 g/mol. The first kappa shape index (κ1) is 12.6. The standard InChI is InChI=1S/C11H12BrNO3S/c1-6-5-7(9(12)17-6)10(14)13-4-2-3-8(13)11(15)16/h5,8H,2-4H2,1H3,(H,15,16)/t8-/m1/s1. The molecule has 0 aliphatic carbocycles. The van der Waals surface area contributed by atoms with Crippen LogP contribution in [0.4, 0.5) is 0 Å². The Morgan fingerprint density at radius 1 is 1.59 bits per heavy atom. The van der Waals surface area contributed by atoms with Gasteiger partial charge < -0.3 is 10.0 Å². The third kappa shape index (κ3) is 2.37. The minimum absolute atomic E-state index is 0.189. The number of nitrogens with zero attached hydrogens (tertiary/aromatic N) is 1. The molecule has 0 aromatic carbocycles. The molecule has 1 aromatic rings. The number of hydrogen-bond donors (Lipinski definition) is 1. The van der Waals surface area contributed by atoms with Gasteiger partial charge in [0.2, 0.25) is 0 Å². The molecule has 0 spiro atoms. The van der Waals surface area contributed by atoms with Gasteiger partial charge in [-0.05, 0) is 41.8 Å². The van der Waals surface area contributed by atoms with Crippen molar-refractivity contribution in [2.75, 3.05) is 6.54 Å². The lowest BCUT2D eigenvalue weighted by Crippen LogP contribution is -2.40. The van der Waals surface area contributed by atoms with Crippen LogP contribution < -0.4 is 0 Å². The number of amides is 1. The first-order valence-electron chi connectivity index (χ1n) is 5.30. The van der Waals surface area contributed by atoms with E-state index >= 15 is 0 Å². The highest BCUT2D eigenvalue weighted by Gasteiger charge is 2.35. The molecule has 6 heteroatoms. The maximum Gasteiger partial charge on any atom is 0.326 e.